The number of halogens is 2. The number of hydrazone groups is 1. The van der Waals surface area contributed by atoms with Crippen molar-refractivity contribution in [2.75, 3.05) is 40.0 Å². The molecule has 2 fully saturated rings. The highest BCUT2D eigenvalue weighted by atomic mass is 35.5. The van der Waals surface area contributed by atoms with Gasteiger partial charge in [-0.3, -0.25) is 14.9 Å². The number of pyridine rings is 2. The molecule has 11 nitrogen and oxygen atoms in total. The maximum Gasteiger partial charge on any atom is 0.147 e. The molecular weight excluding hydrogens is 541 g/mol. The molecule has 3 aromatic rings. The van der Waals surface area contributed by atoms with Crippen LogP contribution in [0.25, 0.3) is 5.52 Å². The largest absolute Gasteiger partial charge is 0.488 e. The molecule has 13 heteroatoms. The summed E-state index contributed by atoms with van der Waals surface area (Å²) in [5.41, 5.74) is 2.96. The number of fused-ring (bicyclic) bond motifs is 1. The maximum absolute atomic E-state index is 13.3. The smallest absolute Gasteiger partial charge is 0.147 e. The number of aliphatic hydroxyl groups excluding tert-OH is 1. The Balaban J connectivity index is 1.33. The van der Waals surface area contributed by atoms with E-state index in [4.69, 9.17) is 36.6 Å². The third kappa shape index (κ3) is 6.11. The molecule has 2 aliphatic heterocycles. The van der Waals surface area contributed by atoms with Gasteiger partial charge in [-0.1, -0.05) is 11.6 Å². The van der Waals surface area contributed by atoms with Crippen LogP contribution >= 0.6 is 11.6 Å². The third-order valence-corrected chi connectivity index (χ3v) is 7.67. The molecule has 3 aromatic heterocycles. The summed E-state index contributed by atoms with van der Waals surface area (Å²) in [5.74, 6) is 5.88. The minimum atomic E-state index is -0.542. The number of nitrogens with two attached hydrogens (primary N) is 1. The second-order valence-electron chi connectivity index (χ2n) is 9.95. The van der Waals surface area contributed by atoms with Gasteiger partial charge < -0.3 is 25.2 Å². The van der Waals surface area contributed by atoms with Crippen LogP contribution in [0.15, 0.2) is 46.9 Å². The van der Waals surface area contributed by atoms with Crippen LogP contribution in [0.5, 0.6) is 5.75 Å². The van der Waals surface area contributed by atoms with Gasteiger partial charge in [0.2, 0.25) is 0 Å². The van der Waals surface area contributed by atoms with Crippen LogP contribution in [-0.2, 0) is 9.47 Å². The first kappa shape index (κ1) is 28.4. The van der Waals surface area contributed by atoms with E-state index >= 15 is 0 Å². The molecule has 3 N–H and O–H groups in total. The van der Waals surface area contributed by atoms with Gasteiger partial charge in [-0.2, -0.15) is 10.2 Å². The Morgan fingerprint density at radius 1 is 1.30 bits per heavy atom. The number of hydrogen-bond donors (Lipinski definition) is 2. The van der Waals surface area contributed by atoms with Crippen molar-refractivity contribution in [1.82, 2.24) is 19.5 Å². The topological polar surface area (TPSA) is 132 Å². The summed E-state index contributed by atoms with van der Waals surface area (Å²) in [6.45, 7) is 4.60. The van der Waals surface area contributed by atoms with Gasteiger partial charge in [0.05, 0.1) is 60.2 Å². The average Bonchev–Trinajstić information content (AvgIpc) is 3.56. The van der Waals surface area contributed by atoms with Crippen molar-refractivity contribution < 1.29 is 23.7 Å². The number of likely N-dealkylation sites (tertiary alicyclic amines) is 1. The second-order valence-corrected chi connectivity index (χ2v) is 10.4. The SMILES string of the molecule is COC(COc1cc(C(=NN)C(C)=NC2CCN(C3COCC3O)CC2)cn2ncc(Cl)c12)c1ccc(F)cn1. The van der Waals surface area contributed by atoms with E-state index in [1.54, 1.807) is 22.8 Å². The molecule has 0 aromatic carbocycles. The van der Waals surface area contributed by atoms with Crippen LogP contribution in [0.4, 0.5) is 4.39 Å². The number of hydrogen-bond acceptors (Lipinski definition) is 10. The molecule has 40 heavy (non-hydrogen) atoms. The number of methoxy groups -OCH3 is 1. The van der Waals surface area contributed by atoms with Crippen molar-refractivity contribution in [3.05, 3.63) is 58.9 Å². The molecule has 2 aliphatic rings. The van der Waals surface area contributed by atoms with Crippen molar-refractivity contribution in [3.8, 4) is 5.75 Å². The first-order valence-electron chi connectivity index (χ1n) is 13.1. The van der Waals surface area contributed by atoms with Crippen LogP contribution in [0, 0.1) is 5.82 Å². The van der Waals surface area contributed by atoms with Crippen molar-refractivity contribution >= 4 is 28.5 Å². The number of rotatable bonds is 9. The highest BCUT2D eigenvalue weighted by molar-refractivity contribution is 6.47. The lowest BCUT2D eigenvalue weighted by Gasteiger charge is -2.35. The molecule has 3 unspecified atom stereocenters. The zero-order chi connectivity index (χ0) is 28.2. The molecule has 5 rings (SSSR count). The Morgan fingerprint density at radius 2 is 2.10 bits per heavy atom. The minimum Gasteiger partial charge on any atom is -0.488 e. The van der Waals surface area contributed by atoms with E-state index in [2.05, 4.69) is 20.1 Å². The summed E-state index contributed by atoms with van der Waals surface area (Å²) in [7, 11) is 1.53. The van der Waals surface area contributed by atoms with Gasteiger partial charge in [0.25, 0.3) is 0 Å². The molecule has 0 amide bonds. The number of aliphatic hydroxyl groups is 1. The van der Waals surface area contributed by atoms with E-state index in [0.717, 1.165) is 32.1 Å². The molecule has 0 spiro atoms. The van der Waals surface area contributed by atoms with E-state index in [-0.39, 0.29) is 18.7 Å². The molecule has 2 saturated heterocycles. The fourth-order valence-electron chi connectivity index (χ4n) is 5.24. The summed E-state index contributed by atoms with van der Waals surface area (Å²) >= 11 is 6.43. The van der Waals surface area contributed by atoms with E-state index in [1.165, 1.54) is 19.4 Å². The van der Waals surface area contributed by atoms with Gasteiger partial charge in [0, 0.05) is 32.0 Å². The highest BCUT2D eigenvalue weighted by Crippen LogP contribution is 2.30. The van der Waals surface area contributed by atoms with Gasteiger partial charge >= 0.3 is 0 Å². The van der Waals surface area contributed by atoms with E-state index in [1.807, 2.05) is 6.92 Å². The Labute approximate surface area is 236 Å². The Hall–Kier alpha value is -3.16. The third-order valence-electron chi connectivity index (χ3n) is 7.40. The standard InChI is InChI=1S/C27H33ClFN7O4/c1-16(33-19-5-7-35(8-6-19)22-13-39-14-23(22)37)26(34-30)17-9-24(27-20(28)11-32-36(27)12-17)40-15-25(38-2)21-4-3-18(29)10-31-21/h3-4,9-12,19,22-23,25,37H,5-8,13-15,30H2,1-2H3. The predicted molar refractivity (Wildman–Crippen MR) is 149 cm³/mol. The first-order chi connectivity index (χ1) is 19.4. The lowest BCUT2D eigenvalue weighted by molar-refractivity contribution is 0.0549. The van der Waals surface area contributed by atoms with Crippen LogP contribution in [0.3, 0.4) is 0 Å². The molecule has 0 radical (unpaired) electrons. The molecule has 0 aliphatic carbocycles. The molecule has 3 atom stereocenters. The van der Waals surface area contributed by atoms with E-state index in [9.17, 15) is 9.50 Å². The van der Waals surface area contributed by atoms with Gasteiger partial charge in [0.1, 0.15) is 35.5 Å². The lowest BCUT2D eigenvalue weighted by atomic mass is 10.0. The molecular formula is C27H33ClFN7O4. The molecule has 0 saturated carbocycles. The first-order valence-corrected chi connectivity index (χ1v) is 13.5. The molecule has 0 bridgehead atoms. The van der Waals surface area contributed by atoms with Crippen LogP contribution in [0.2, 0.25) is 5.02 Å². The fraction of sp³-hybridized carbons (Fsp3) is 0.481. The van der Waals surface area contributed by atoms with Gasteiger partial charge in [-0.25, -0.2) is 8.91 Å². The summed E-state index contributed by atoms with van der Waals surface area (Å²) in [4.78, 5) is 11.3. The summed E-state index contributed by atoms with van der Waals surface area (Å²) in [6, 6.07) is 4.83. The second kappa shape index (κ2) is 12.6. The van der Waals surface area contributed by atoms with Gasteiger partial charge in [-0.05, 0) is 38.0 Å². The number of ether oxygens (including phenoxy) is 3. The summed E-state index contributed by atoms with van der Waals surface area (Å²) in [5, 5.41) is 19.0. The monoisotopic (exact) mass is 573 g/mol. The van der Waals surface area contributed by atoms with Crippen molar-refractivity contribution in [2.24, 2.45) is 15.9 Å². The van der Waals surface area contributed by atoms with Crippen LogP contribution in [-0.4, -0.2) is 94.2 Å². The number of nitrogens with zero attached hydrogens (tertiary/aromatic N) is 6. The Bertz CT molecular complexity index is 1380. The van der Waals surface area contributed by atoms with E-state index < -0.39 is 18.0 Å². The predicted octanol–water partition coefficient (Wildman–Crippen LogP) is 2.64. The Kier molecular flexibility index (Phi) is 8.91. The zero-order valence-corrected chi connectivity index (χ0v) is 23.2. The lowest BCUT2D eigenvalue weighted by Crippen LogP contribution is -2.47. The maximum atomic E-state index is 13.3. The quantitative estimate of drug-likeness (QED) is 0.227. The van der Waals surface area contributed by atoms with E-state index in [0.29, 0.717) is 52.2 Å². The summed E-state index contributed by atoms with van der Waals surface area (Å²) < 4.78 is 32.1. The zero-order valence-electron chi connectivity index (χ0n) is 22.4. The summed E-state index contributed by atoms with van der Waals surface area (Å²) in [6.07, 6.45) is 5.18. The van der Waals surface area contributed by atoms with Crippen LogP contribution < -0.4 is 10.6 Å². The highest BCUT2D eigenvalue weighted by Gasteiger charge is 2.34. The van der Waals surface area contributed by atoms with Crippen molar-refractivity contribution in [2.45, 2.75) is 44.1 Å². The fourth-order valence-corrected chi connectivity index (χ4v) is 5.47. The van der Waals surface area contributed by atoms with Gasteiger partial charge in [0.15, 0.2) is 0 Å². The Morgan fingerprint density at radius 3 is 2.75 bits per heavy atom. The van der Waals surface area contributed by atoms with Gasteiger partial charge in [-0.15, -0.1) is 0 Å². The minimum absolute atomic E-state index is 0.0507. The average molecular weight is 574 g/mol. The normalized spacial score (nSPS) is 22.2. The molecule has 214 valence electrons. The van der Waals surface area contributed by atoms with Crippen molar-refractivity contribution in [3.63, 3.8) is 0 Å². The molecule has 5 heterocycles. The van der Waals surface area contributed by atoms with Crippen molar-refractivity contribution in [1.29, 1.82) is 0 Å². The number of piperidine rings is 1. The van der Waals surface area contributed by atoms with Crippen LogP contribution in [0.1, 0.15) is 37.1 Å². The number of aromatic nitrogens is 3. The number of aliphatic imine (C=N–C) groups is 1.